The molecule has 2 fully saturated rings. The monoisotopic (exact) mass is 310 g/mol. The first-order valence-corrected chi connectivity index (χ1v) is 7.69. The lowest BCUT2D eigenvalue weighted by molar-refractivity contribution is -0.149. The number of esters is 1. The van der Waals surface area contributed by atoms with E-state index < -0.39 is 11.2 Å². The molecule has 6 nitrogen and oxygen atoms in total. The van der Waals surface area contributed by atoms with Crippen LogP contribution in [0.1, 0.15) is 40.0 Å². The van der Waals surface area contributed by atoms with Crippen LogP contribution in [0.25, 0.3) is 0 Å². The van der Waals surface area contributed by atoms with Gasteiger partial charge in [-0.15, -0.1) is 0 Å². The van der Waals surface area contributed by atoms with Gasteiger partial charge in [0.1, 0.15) is 11.2 Å². The van der Waals surface area contributed by atoms with Crippen LogP contribution in [0.15, 0.2) is 11.8 Å². The maximum absolute atomic E-state index is 12.1. The molecule has 0 bridgehead atoms. The van der Waals surface area contributed by atoms with Crippen LogP contribution in [0.5, 0.6) is 0 Å². The fourth-order valence-electron chi connectivity index (χ4n) is 2.83. The quantitative estimate of drug-likeness (QED) is 0.548. The van der Waals surface area contributed by atoms with Crippen molar-refractivity contribution in [1.29, 1.82) is 0 Å². The smallest absolute Gasteiger partial charge is 0.410 e. The Kier molecular flexibility index (Phi) is 4.40. The Bertz CT molecular complexity index is 483. The van der Waals surface area contributed by atoms with Gasteiger partial charge in [0.05, 0.1) is 5.57 Å². The first kappa shape index (κ1) is 16.6. The van der Waals surface area contributed by atoms with E-state index in [1.165, 1.54) is 0 Å². The number of carbonyl (C=O) groups excluding carboxylic acids is 2. The largest absolute Gasteiger partial charge is 0.455 e. The second kappa shape index (κ2) is 5.82. The van der Waals surface area contributed by atoms with Crippen LogP contribution in [0.2, 0.25) is 0 Å². The van der Waals surface area contributed by atoms with Crippen LogP contribution in [-0.4, -0.2) is 60.2 Å². The van der Waals surface area contributed by atoms with Crippen molar-refractivity contribution in [3.8, 4) is 0 Å². The van der Waals surface area contributed by atoms with Gasteiger partial charge in [-0.3, -0.25) is 0 Å². The molecule has 2 aliphatic rings. The molecule has 1 amide bonds. The first-order valence-electron chi connectivity index (χ1n) is 7.69. The number of amides is 1. The fourth-order valence-corrected chi connectivity index (χ4v) is 2.83. The summed E-state index contributed by atoms with van der Waals surface area (Å²) >= 11 is 0. The Morgan fingerprint density at radius 3 is 2.41 bits per heavy atom. The van der Waals surface area contributed by atoms with Crippen molar-refractivity contribution in [2.75, 3.05) is 27.2 Å². The zero-order chi connectivity index (χ0) is 16.5. The Balaban J connectivity index is 1.95. The molecule has 22 heavy (non-hydrogen) atoms. The van der Waals surface area contributed by atoms with E-state index in [1.54, 1.807) is 4.90 Å². The topological polar surface area (TPSA) is 59.1 Å². The average Bonchev–Trinajstić information content (AvgIpc) is 2.63. The predicted molar refractivity (Wildman–Crippen MR) is 82.3 cm³/mol. The standard InChI is InChI=1S/C16H26N2O4/c1-15(2,3)22-14(20)18-8-6-16(7-9-18)10-12(11-17(4)5)13(19)21-16/h11H,6-10H2,1-5H3/b12-11+. The summed E-state index contributed by atoms with van der Waals surface area (Å²) in [6, 6.07) is 0. The van der Waals surface area contributed by atoms with E-state index in [1.807, 2.05) is 46.0 Å². The molecule has 0 aromatic heterocycles. The number of carbonyl (C=O) groups is 2. The Hall–Kier alpha value is -1.72. The van der Waals surface area contributed by atoms with Crippen molar-refractivity contribution in [2.45, 2.75) is 51.2 Å². The molecule has 0 N–H and O–H groups in total. The van der Waals surface area contributed by atoms with E-state index in [0.29, 0.717) is 37.9 Å². The highest BCUT2D eigenvalue weighted by molar-refractivity contribution is 5.91. The lowest BCUT2D eigenvalue weighted by Crippen LogP contribution is -2.48. The van der Waals surface area contributed by atoms with E-state index in [9.17, 15) is 9.59 Å². The van der Waals surface area contributed by atoms with Gasteiger partial charge in [-0.25, -0.2) is 9.59 Å². The van der Waals surface area contributed by atoms with Crippen LogP contribution < -0.4 is 0 Å². The third kappa shape index (κ3) is 3.93. The predicted octanol–water partition coefficient (Wildman–Crippen LogP) is 2.15. The first-order chi connectivity index (χ1) is 10.1. The maximum Gasteiger partial charge on any atom is 0.410 e. The normalized spacial score (nSPS) is 22.9. The summed E-state index contributed by atoms with van der Waals surface area (Å²) < 4.78 is 11.0. The number of ether oxygens (including phenoxy) is 2. The zero-order valence-corrected chi connectivity index (χ0v) is 14.1. The molecule has 0 radical (unpaired) electrons. The number of likely N-dealkylation sites (tertiary alicyclic amines) is 1. The van der Waals surface area contributed by atoms with E-state index in [2.05, 4.69) is 0 Å². The second-order valence-corrected chi connectivity index (χ2v) is 7.33. The van der Waals surface area contributed by atoms with Gasteiger partial charge < -0.3 is 19.3 Å². The number of nitrogens with zero attached hydrogens (tertiary/aromatic N) is 2. The lowest BCUT2D eigenvalue weighted by atomic mass is 9.87. The molecule has 2 rings (SSSR count). The van der Waals surface area contributed by atoms with Crippen LogP contribution in [0.3, 0.4) is 0 Å². The van der Waals surface area contributed by atoms with Gasteiger partial charge in [-0.2, -0.15) is 0 Å². The van der Waals surface area contributed by atoms with Crippen LogP contribution in [0.4, 0.5) is 4.79 Å². The molecular weight excluding hydrogens is 284 g/mol. The molecule has 124 valence electrons. The highest BCUT2D eigenvalue weighted by Crippen LogP contribution is 2.39. The summed E-state index contributed by atoms with van der Waals surface area (Å²) in [5.41, 5.74) is -0.235. The van der Waals surface area contributed by atoms with Gasteiger partial charge in [-0.1, -0.05) is 0 Å². The highest BCUT2D eigenvalue weighted by atomic mass is 16.6. The number of hydrogen-bond acceptors (Lipinski definition) is 5. The molecule has 1 spiro atoms. The molecule has 0 aliphatic carbocycles. The molecule has 2 saturated heterocycles. The average molecular weight is 310 g/mol. The minimum Gasteiger partial charge on any atom is -0.455 e. The van der Waals surface area contributed by atoms with Gasteiger partial charge in [0.2, 0.25) is 0 Å². The van der Waals surface area contributed by atoms with Gasteiger partial charge in [0.25, 0.3) is 0 Å². The van der Waals surface area contributed by atoms with Crippen molar-refractivity contribution in [3.63, 3.8) is 0 Å². The lowest BCUT2D eigenvalue weighted by Gasteiger charge is -2.38. The van der Waals surface area contributed by atoms with Crippen molar-refractivity contribution in [1.82, 2.24) is 9.80 Å². The maximum atomic E-state index is 12.1. The third-order valence-corrected chi connectivity index (χ3v) is 3.82. The summed E-state index contributed by atoms with van der Waals surface area (Å²) in [6.07, 6.45) is 3.45. The Morgan fingerprint density at radius 1 is 1.32 bits per heavy atom. The Labute approximate surface area is 132 Å². The Morgan fingerprint density at radius 2 is 1.91 bits per heavy atom. The summed E-state index contributed by atoms with van der Waals surface area (Å²) in [4.78, 5) is 27.6. The van der Waals surface area contributed by atoms with Crippen molar-refractivity contribution < 1.29 is 19.1 Å². The van der Waals surface area contributed by atoms with Gasteiger partial charge in [-0.05, 0) is 20.8 Å². The third-order valence-electron chi connectivity index (χ3n) is 3.82. The van der Waals surface area contributed by atoms with E-state index in [4.69, 9.17) is 9.47 Å². The molecule has 6 heteroatoms. The van der Waals surface area contributed by atoms with Gasteiger partial charge in [0.15, 0.2) is 0 Å². The SMILES string of the molecule is CN(C)/C=C1\CC2(CCN(C(=O)OC(C)(C)C)CC2)OC1=O. The number of hydrogen-bond donors (Lipinski definition) is 0. The van der Waals surface area contributed by atoms with E-state index in [0.717, 1.165) is 0 Å². The van der Waals surface area contributed by atoms with Gasteiger partial charge in [0, 0.05) is 52.6 Å². The molecule has 0 atom stereocenters. The van der Waals surface area contributed by atoms with Crippen LogP contribution in [0, 0.1) is 0 Å². The highest BCUT2D eigenvalue weighted by Gasteiger charge is 2.46. The summed E-state index contributed by atoms with van der Waals surface area (Å²) in [7, 11) is 3.77. The second-order valence-electron chi connectivity index (χ2n) is 7.33. The van der Waals surface area contributed by atoms with Crippen LogP contribution in [-0.2, 0) is 14.3 Å². The molecule has 0 aromatic carbocycles. The number of rotatable bonds is 1. The van der Waals surface area contributed by atoms with Crippen molar-refractivity contribution in [3.05, 3.63) is 11.8 Å². The minimum atomic E-state index is -0.492. The number of piperidine rings is 1. The molecule has 2 aliphatic heterocycles. The summed E-state index contributed by atoms with van der Waals surface area (Å²) in [6.45, 7) is 6.67. The fraction of sp³-hybridized carbons (Fsp3) is 0.750. The van der Waals surface area contributed by atoms with E-state index in [-0.39, 0.29) is 12.1 Å². The van der Waals surface area contributed by atoms with Crippen molar-refractivity contribution >= 4 is 12.1 Å². The molecular formula is C16H26N2O4. The van der Waals surface area contributed by atoms with E-state index >= 15 is 0 Å². The molecule has 0 saturated carbocycles. The van der Waals surface area contributed by atoms with Crippen molar-refractivity contribution in [2.24, 2.45) is 0 Å². The summed E-state index contributed by atoms with van der Waals surface area (Å²) in [5.74, 6) is -0.237. The van der Waals surface area contributed by atoms with Gasteiger partial charge >= 0.3 is 12.1 Å². The molecule has 2 heterocycles. The van der Waals surface area contributed by atoms with Crippen LogP contribution >= 0.6 is 0 Å². The summed E-state index contributed by atoms with van der Waals surface area (Å²) in [5, 5.41) is 0. The minimum absolute atomic E-state index is 0.237. The zero-order valence-electron chi connectivity index (χ0n) is 14.1. The molecule has 0 aromatic rings. The molecule has 0 unspecified atom stereocenters.